The highest BCUT2D eigenvalue weighted by atomic mass is 35.5. The number of primary sulfonamides is 1. The molecule has 0 aliphatic rings. The topological polar surface area (TPSA) is 123 Å². The minimum atomic E-state index is -4.21. The van der Waals surface area contributed by atoms with Crippen molar-refractivity contribution in [1.82, 2.24) is 4.72 Å². The van der Waals surface area contributed by atoms with Crippen LogP contribution in [0.4, 0.5) is 0 Å². The third-order valence-electron chi connectivity index (χ3n) is 2.24. The van der Waals surface area contributed by atoms with E-state index in [4.69, 9.17) is 16.7 Å². The summed E-state index contributed by atoms with van der Waals surface area (Å²) < 4.78 is 48.2. The molecule has 0 saturated carbocycles. The van der Waals surface area contributed by atoms with E-state index in [9.17, 15) is 21.6 Å². The zero-order chi connectivity index (χ0) is 15.7. The number of hydrogen-bond acceptors (Lipinski definition) is 5. The van der Waals surface area contributed by atoms with Crippen molar-refractivity contribution >= 4 is 37.6 Å². The number of amides is 1. The number of halogens is 1. The fourth-order valence-electron chi connectivity index (χ4n) is 1.17. The van der Waals surface area contributed by atoms with Crippen molar-refractivity contribution < 1.29 is 21.6 Å². The molecule has 1 aromatic rings. The molecule has 0 fully saturated rings. The number of sulfonamides is 2. The van der Waals surface area contributed by atoms with Crippen LogP contribution < -0.4 is 9.86 Å². The first-order valence-corrected chi connectivity index (χ1v) is 8.74. The largest absolute Gasteiger partial charge is 0.274 e. The van der Waals surface area contributed by atoms with Crippen LogP contribution in [-0.4, -0.2) is 22.7 Å². The van der Waals surface area contributed by atoms with Crippen molar-refractivity contribution in [2.45, 2.75) is 23.6 Å². The maximum atomic E-state index is 12.0. The van der Waals surface area contributed by atoms with Crippen LogP contribution in [0.3, 0.4) is 0 Å². The highest BCUT2D eigenvalue weighted by molar-refractivity contribution is 7.90. The average molecular weight is 341 g/mol. The Hall–Kier alpha value is -1.16. The van der Waals surface area contributed by atoms with Crippen LogP contribution >= 0.6 is 11.6 Å². The molecule has 0 aliphatic heterocycles. The summed E-state index contributed by atoms with van der Waals surface area (Å²) in [4.78, 5) is 10.5. The molecule has 0 saturated heterocycles. The highest BCUT2D eigenvalue weighted by Crippen LogP contribution is 2.21. The monoisotopic (exact) mass is 340 g/mol. The summed E-state index contributed by atoms with van der Waals surface area (Å²) in [5.41, 5.74) is 0. The van der Waals surface area contributed by atoms with Crippen molar-refractivity contribution in [1.29, 1.82) is 0 Å². The third kappa shape index (κ3) is 4.17. The Morgan fingerprint density at radius 2 is 1.65 bits per heavy atom. The molecule has 0 spiro atoms. The summed E-state index contributed by atoms with van der Waals surface area (Å²) in [7, 11) is -8.33. The SMILES string of the molecule is CC(C)C(=O)NS(=O)(=O)c1cc(Cl)cc(S(N)(=O)=O)c1. The van der Waals surface area contributed by atoms with Gasteiger partial charge < -0.3 is 0 Å². The molecule has 1 aromatic carbocycles. The zero-order valence-electron chi connectivity index (χ0n) is 10.6. The Morgan fingerprint density at radius 3 is 2.10 bits per heavy atom. The lowest BCUT2D eigenvalue weighted by molar-refractivity contribution is -0.122. The maximum absolute atomic E-state index is 12.0. The van der Waals surface area contributed by atoms with Gasteiger partial charge in [0.15, 0.2) is 0 Å². The molecule has 1 amide bonds. The van der Waals surface area contributed by atoms with Gasteiger partial charge in [-0.15, -0.1) is 0 Å². The van der Waals surface area contributed by atoms with Gasteiger partial charge in [-0.2, -0.15) is 0 Å². The molecule has 0 aliphatic carbocycles. The van der Waals surface area contributed by atoms with Crippen LogP contribution in [0.25, 0.3) is 0 Å². The van der Waals surface area contributed by atoms with E-state index in [1.807, 2.05) is 4.72 Å². The fourth-order valence-corrected chi connectivity index (χ4v) is 3.37. The molecule has 20 heavy (non-hydrogen) atoms. The second-order valence-electron chi connectivity index (χ2n) is 4.29. The van der Waals surface area contributed by atoms with E-state index < -0.39 is 41.7 Å². The Kier molecular flexibility index (Phi) is 4.80. The molecule has 0 bridgehead atoms. The smallest absolute Gasteiger partial charge is 0.264 e. The number of rotatable bonds is 4. The first-order chi connectivity index (χ1) is 8.93. The maximum Gasteiger partial charge on any atom is 0.264 e. The van der Waals surface area contributed by atoms with Gasteiger partial charge in [0.05, 0.1) is 9.79 Å². The fraction of sp³-hybridized carbons (Fsp3) is 0.300. The Morgan fingerprint density at radius 1 is 1.15 bits per heavy atom. The molecule has 7 nitrogen and oxygen atoms in total. The predicted octanol–water partition coefficient (Wildman–Crippen LogP) is 0.448. The van der Waals surface area contributed by atoms with Gasteiger partial charge in [0.2, 0.25) is 15.9 Å². The zero-order valence-corrected chi connectivity index (χ0v) is 13.0. The molecule has 0 heterocycles. The molecule has 0 radical (unpaired) electrons. The first-order valence-electron chi connectivity index (χ1n) is 5.33. The summed E-state index contributed by atoms with van der Waals surface area (Å²) in [5, 5.41) is 4.79. The van der Waals surface area contributed by atoms with Gasteiger partial charge in [0.25, 0.3) is 10.0 Å². The first kappa shape index (κ1) is 16.9. The summed E-state index contributed by atoms with van der Waals surface area (Å²) in [5.74, 6) is -1.27. The van der Waals surface area contributed by atoms with Crippen molar-refractivity contribution in [2.24, 2.45) is 11.1 Å². The number of benzene rings is 1. The lowest BCUT2D eigenvalue weighted by atomic mass is 10.2. The van der Waals surface area contributed by atoms with E-state index in [0.717, 1.165) is 18.2 Å². The summed E-state index contributed by atoms with van der Waals surface area (Å²) in [6, 6.07) is 2.86. The van der Waals surface area contributed by atoms with Crippen LogP contribution in [0.2, 0.25) is 5.02 Å². The van der Waals surface area contributed by atoms with Gasteiger partial charge >= 0.3 is 0 Å². The van der Waals surface area contributed by atoms with E-state index in [1.54, 1.807) is 0 Å². The van der Waals surface area contributed by atoms with Gasteiger partial charge in [-0.3, -0.25) is 4.79 Å². The van der Waals surface area contributed by atoms with Crippen LogP contribution in [0, 0.1) is 5.92 Å². The van der Waals surface area contributed by atoms with E-state index in [2.05, 4.69) is 0 Å². The minimum absolute atomic E-state index is 0.131. The van der Waals surface area contributed by atoms with Crippen LogP contribution in [0.15, 0.2) is 28.0 Å². The molecule has 3 N–H and O–H groups in total. The second-order valence-corrected chi connectivity index (χ2v) is 7.97. The number of nitrogens with one attached hydrogen (secondary N) is 1. The van der Waals surface area contributed by atoms with Gasteiger partial charge in [-0.05, 0) is 18.2 Å². The van der Waals surface area contributed by atoms with E-state index in [0.29, 0.717) is 0 Å². The molecular formula is C10H13ClN2O5S2. The normalized spacial score (nSPS) is 12.4. The van der Waals surface area contributed by atoms with Gasteiger partial charge in [-0.25, -0.2) is 26.7 Å². The average Bonchev–Trinajstić information content (AvgIpc) is 2.26. The summed E-state index contributed by atoms with van der Waals surface area (Å²) in [6.07, 6.45) is 0. The van der Waals surface area contributed by atoms with Crippen molar-refractivity contribution in [2.75, 3.05) is 0 Å². The molecule has 0 aromatic heterocycles. The Labute approximate surface area is 122 Å². The van der Waals surface area contributed by atoms with E-state index in [-0.39, 0.29) is 5.02 Å². The minimum Gasteiger partial charge on any atom is -0.274 e. The number of carbonyl (C=O) groups is 1. The van der Waals surface area contributed by atoms with Crippen molar-refractivity contribution in [3.05, 3.63) is 23.2 Å². The molecule has 0 unspecified atom stereocenters. The Bertz CT molecular complexity index is 741. The van der Waals surface area contributed by atoms with E-state index in [1.165, 1.54) is 13.8 Å². The Balaban J connectivity index is 3.33. The quantitative estimate of drug-likeness (QED) is 0.823. The van der Waals surface area contributed by atoms with Gasteiger partial charge in [0, 0.05) is 10.9 Å². The second kappa shape index (κ2) is 5.68. The predicted molar refractivity (Wildman–Crippen MR) is 73.0 cm³/mol. The van der Waals surface area contributed by atoms with Gasteiger partial charge in [0.1, 0.15) is 0 Å². The summed E-state index contributed by atoms with van der Waals surface area (Å²) >= 11 is 5.66. The van der Waals surface area contributed by atoms with Crippen molar-refractivity contribution in [3.63, 3.8) is 0 Å². The lowest BCUT2D eigenvalue weighted by Gasteiger charge is -2.10. The standard InChI is InChI=1S/C10H13ClN2O5S2/c1-6(2)10(14)13-20(17,18)9-4-7(11)3-8(5-9)19(12,15)16/h3-6H,1-2H3,(H,13,14)(H2,12,15,16). The van der Waals surface area contributed by atoms with Crippen LogP contribution in [0.1, 0.15) is 13.8 Å². The van der Waals surface area contributed by atoms with Crippen LogP contribution in [-0.2, 0) is 24.8 Å². The molecule has 112 valence electrons. The third-order valence-corrected chi connectivity index (χ3v) is 4.68. The molecule has 1 rings (SSSR count). The summed E-state index contributed by atoms with van der Waals surface area (Å²) in [6.45, 7) is 3.02. The van der Waals surface area contributed by atoms with Crippen LogP contribution in [0.5, 0.6) is 0 Å². The molecule has 10 heteroatoms. The lowest BCUT2D eigenvalue weighted by Crippen LogP contribution is -2.33. The molecule has 0 atom stereocenters. The number of carbonyl (C=O) groups excluding carboxylic acids is 1. The van der Waals surface area contributed by atoms with E-state index >= 15 is 0 Å². The van der Waals surface area contributed by atoms with Gasteiger partial charge in [-0.1, -0.05) is 25.4 Å². The number of nitrogens with two attached hydrogens (primary N) is 1. The molecular weight excluding hydrogens is 328 g/mol. The highest BCUT2D eigenvalue weighted by Gasteiger charge is 2.22. The number of hydrogen-bond donors (Lipinski definition) is 2. The van der Waals surface area contributed by atoms with Crippen molar-refractivity contribution in [3.8, 4) is 0 Å².